The first-order chi connectivity index (χ1) is 18.5. The topological polar surface area (TPSA) is 79.6 Å². The van der Waals surface area contributed by atoms with Gasteiger partial charge in [0.1, 0.15) is 11.9 Å². The number of aromatic nitrogens is 2. The Bertz CT molecular complexity index is 1530. The average molecular weight is 569 g/mol. The Labute approximate surface area is 237 Å². The van der Waals surface area contributed by atoms with Crippen LogP contribution in [0.3, 0.4) is 0 Å². The Morgan fingerprint density at radius 1 is 0.949 bits per heavy atom. The van der Waals surface area contributed by atoms with Gasteiger partial charge in [-0.25, -0.2) is 4.68 Å². The molecule has 3 heterocycles. The molecule has 1 aromatic heterocycles. The lowest BCUT2D eigenvalue weighted by Gasteiger charge is -2.39. The molecule has 2 aliphatic rings. The maximum absolute atomic E-state index is 14.2. The van der Waals surface area contributed by atoms with Crippen LogP contribution in [0, 0.1) is 5.41 Å². The molecule has 5 rings (SSSR count). The number of hydrogen-bond donors (Lipinski definition) is 1. The van der Waals surface area contributed by atoms with Gasteiger partial charge < -0.3 is 15.1 Å². The monoisotopic (exact) mass is 567 g/mol. The van der Waals surface area contributed by atoms with Gasteiger partial charge in [0.15, 0.2) is 0 Å². The fraction of sp³-hybridized carbons (Fsp3) is 0.345. The van der Waals surface area contributed by atoms with Crippen LogP contribution in [0.4, 0.5) is 11.5 Å². The Kier molecular flexibility index (Phi) is 7.11. The van der Waals surface area contributed by atoms with Crippen molar-refractivity contribution < 1.29 is 9.59 Å². The molecule has 39 heavy (non-hydrogen) atoms. The number of carbonyl (C=O) groups excluding carboxylic acids is 2. The summed E-state index contributed by atoms with van der Waals surface area (Å²) in [4.78, 5) is 45.0. The predicted octanol–water partition coefficient (Wildman–Crippen LogP) is 5.28. The average Bonchev–Trinajstić information content (AvgIpc) is 3.23. The Balaban J connectivity index is 1.59. The largest absolute Gasteiger partial charge is 0.368 e. The van der Waals surface area contributed by atoms with Crippen molar-refractivity contribution in [2.75, 3.05) is 36.4 Å². The molecule has 204 valence electrons. The van der Waals surface area contributed by atoms with Gasteiger partial charge in [-0.3, -0.25) is 14.4 Å². The number of allylic oxidation sites excluding steroid dienone is 1. The van der Waals surface area contributed by atoms with Crippen LogP contribution in [-0.4, -0.2) is 52.3 Å². The van der Waals surface area contributed by atoms with E-state index in [4.69, 9.17) is 23.2 Å². The number of benzene rings is 2. The number of nitrogens with one attached hydrogen (secondary N) is 1. The lowest BCUT2D eigenvalue weighted by molar-refractivity contribution is -0.128. The van der Waals surface area contributed by atoms with Crippen molar-refractivity contribution in [3.63, 3.8) is 0 Å². The number of halogens is 2. The smallest absolute Gasteiger partial charge is 0.276 e. The highest BCUT2D eigenvalue weighted by Gasteiger charge is 2.40. The summed E-state index contributed by atoms with van der Waals surface area (Å²) in [5.74, 6) is -0.177. The summed E-state index contributed by atoms with van der Waals surface area (Å²) < 4.78 is 2.66. The van der Waals surface area contributed by atoms with Crippen molar-refractivity contribution in [3.05, 3.63) is 91.8 Å². The summed E-state index contributed by atoms with van der Waals surface area (Å²) in [5, 5.41) is 3.78. The molecule has 0 saturated carbocycles. The zero-order valence-electron chi connectivity index (χ0n) is 22.4. The van der Waals surface area contributed by atoms with E-state index >= 15 is 0 Å². The van der Waals surface area contributed by atoms with Crippen LogP contribution in [0.25, 0.3) is 0 Å². The summed E-state index contributed by atoms with van der Waals surface area (Å²) in [6.07, 6.45) is 0. The molecule has 8 nitrogen and oxygen atoms in total. The van der Waals surface area contributed by atoms with E-state index in [1.54, 1.807) is 50.6 Å². The van der Waals surface area contributed by atoms with Gasteiger partial charge in [-0.05, 0) is 25.1 Å². The highest BCUT2D eigenvalue weighted by Crippen LogP contribution is 2.41. The van der Waals surface area contributed by atoms with Crippen LogP contribution >= 0.6 is 23.2 Å². The minimum absolute atomic E-state index is 0.185. The Morgan fingerprint density at radius 2 is 1.62 bits per heavy atom. The molecule has 0 bridgehead atoms. The molecule has 1 fully saturated rings. The predicted molar refractivity (Wildman–Crippen MR) is 155 cm³/mol. The summed E-state index contributed by atoms with van der Waals surface area (Å²) >= 11 is 13.1. The van der Waals surface area contributed by atoms with Gasteiger partial charge in [0.2, 0.25) is 0 Å². The van der Waals surface area contributed by atoms with Crippen LogP contribution in [0.15, 0.2) is 70.7 Å². The highest BCUT2D eigenvalue weighted by molar-refractivity contribution is 6.42. The third-order valence-electron chi connectivity index (χ3n) is 7.20. The number of hydrogen-bond acceptors (Lipinski definition) is 5. The first kappa shape index (κ1) is 27.1. The van der Waals surface area contributed by atoms with E-state index in [-0.39, 0.29) is 10.9 Å². The van der Waals surface area contributed by atoms with E-state index in [2.05, 4.69) is 22.3 Å². The zero-order chi connectivity index (χ0) is 28.1. The lowest BCUT2D eigenvalue weighted by Crippen LogP contribution is -2.50. The van der Waals surface area contributed by atoms with Gasteiger partial charge in [-0.1, -0.05) is 74.3 Å². The number of carbonyl (C=O) groups is 2. The summed E-state index contributed by atoms with van der Waals surface area (Å²) in [5.41, 5.74) is 1.31. The minimum Gasteiger partial charge on any atom is -0.368 e. The summed E-state index contributed by atoms with van der Waals surface area (Å²) in [6, 6.07) is 15.8. The molecule has 1 atom stereocenters. The molecular formula is C29H31Cl2N5O3. The minimum atomic E-state index is -0.851. The van der Waals surface area contributed by atoms with Crippen LogP contribution in [0.1, 0.15) is 44.1 Å². The van der Waals surface area contributed by atoms with Crippen LogP contribution in [0.2, 0.25) is 10.0 Å². The second-order valence-corrected chi connectivity index (χ2v) is 11.7. The van der Waals surface area contributed by atoms with Crippen molar-refractivity contribution in [1.82, 2.24) is 14.3 Å². The molecule has 2 aromatic carbocycles. The third kappa shape index (κ3) is 4.87. The second-order valence-electron chi connectivity index (χ2n) is 10.9. The summed E-state index contributed by atoms with van der Waals surface area (Å²) in [6.45, 7) is 9.45. The lowest BCUT2D eigenvalue weighted by atomic mass is 9.93. The normalized spacial score (nSPS) is 17.6. The van der Waals surface area contributed by atoms with Gasteiger partial charge >= 0.3 is 0 Å². The molecule has 0 spiro atoms. The maximum atomic E-state index is 14.2. The molecule has 10 heteroatoms. The standard InChI is InChI=1S/C29H31Cl2N5O3/c1-18-24(27(38)34-15-13-33(14-16-34)19-9-6-5-7-10-19)26(20-11-8-12-21(30)25(20)31)35-22(32-18)17-23(37)36(35)28(39)29(2,3)4/h5-12,17,26,32H,13-16H2,1-4H3. The van der Waals surface area contributed by atoms with E-state index in [9.17, 15) is 14.4 Å². The highest BCUT2D eigenvalue weighted by atomic mass is 35.5. The van der Waals surface area contributed by atoms with Gasteiger partial charge in [0, 0.05) is 54.6 Å². The number of rotatable bonds is 3. The van der Waals surface area contributed by atoms with E-state index < -0.39 is 22.9 Å². The Morgan fingerprint density at radius 3 is 2.26 bits per heavy atom. The molecule has 3 aromatic rings. The van der Waals surface area contributed by atoms with Crippen molar-refractivity contribution >= 4 is 46.5 Å². The zero-order valence-corrected chi connectivity index (χ0v) is 23.9. The second kappa shape index (κ2) is 10.2. The number of para-hydroxylation sites is 1. The number of anilines is 2. The number of amides is 1. The van der Waals surface area contributed by atoms with Crippen molar-refractivity contribution in [2.45, 2.75) is 33.7 Å². The molecular weight excluding hydrogens is 537 g/mol. The number of piperazine rings is 1. The van der Waals surface area contributed by atoms with E-state index in [0.717, 1.165) is 10.4 Å². The van der Waals surface area contributed by atoms with Crippen LogP contribution in [-0.2, 0) is 4.79 Å². The van der Waals surface area contributed by atoms with Crippen molar-refractivity contribution in [2.24, 2.45) is 5.41 Å². The molecule has 1 amide bonds. The fourth-order valence-electron chi connectivity index (χ4n) is 5.18. The van der Waals surface area contributed by atoms with Crippen LogP contribution in [0.5, 0.6) is 0 Å². The molecule has 0 aliphatic carbocycles. The van der Waals surface area contributed by atoms with E-state index in [1.807, 2.05) is 23.1 Å². The van der Waals surface area contributed by atoms with Crippen molar-refractivity contribution in [3.8, 4) is 0 Å². The molecule has 1 N–H and O–H groups in total. The number of nitrogens with zero attached hydrogens (tertiary/aromatic N) is 4. The first-order valence-corrected chi connectivity index (χ1v) is 13.6. The van der Waals surface area contributed by atoms with Crippen LogP contribution < -0.4 is 15.8 Å². The van der Waals surface area contributed by atoms with Gasteiger partial charge in [0.05, 0.1) is 15.6 Å². The van der Waals surface area contributed by atoms with Gasteiger partial charge in [-0.2, -0.15) is 4.68 Å². The third-order valence-corrected chi connectivity index (χ3v) is 8.03. The van der Waals surface area contributed by atoms with Gasteiger partial charge in [-0.15, -0.1) is 0 Å². The number of fused-ring (bicyclic) bond motifs is 1. The molecule has 2 aliphatic heterocycles. The fourth-order valence-corrected chi connectivity index (χ4v) is 5.59. The maximum Gasteiger partial charge on any atom is 0.276 e. The van der Waals surface area contributed by atoms with Gasteiger partial charge in [0.25, 0.3) is 17.4 Å². The molecule has 1 saturated heterocycles. The SMILES string of the molecule is CC1=C(C(=O)N2CCN(c3ccccc3)CC2)C(c2cccc(Cl)c2Cl)n2c(cc(=O)n2C(=O)C(C)(C)C)N1. The summed E-state index contributed by atoms with van der Waals surface area (Å²) in [7, 11) is 0. The van der Waals surface area contributed by atoms with Crippen molar-refractivity contribution in [1.29, 1.82) is 0 Å². The molecule has 0 radical (unpaired) electrons. The van der Waals surface area contributed by atoms with E-state index in [1.165, 1.54) is 6.07 Å². The quantitative estimate of drug-likeness (QED) is 0.465. The van der Waals surface area contributed by atoms with E-state index in [0.29, 0.717) is 53.9 Å². The first-order valence-electron chi connectivity index (χ1n) is 12.9. The Hall–Kier alpha value is -3.49. The molecule has 1 unspecified atom stereocenters.